The van der Waals surface area contributed by atoms with Gasteiger partial charge in [-0.15, -0.1) is 0 Å². The van der Waals surface area contributed by atoms with Crippen molar-refractivity contribution in [3.63, 3.8) is 0 Å². The number of hydrogen-bond acceptors (Lipinski definition) is 5. The highest BCUT2D eigenvalue weighted by Gasteiger charge is 2.38. The quantitative estimate of drug-likeness (QED) is 0.239. The van der Waals surface area contributed by atoms with Gasteiger partial charge in [0.2, 0.25) is 5.91 Å². The fraction of sp³-hybridized carbons (Fsp3) is 0.179. The molecule has 0 aliphatic heterocycles. The summed E-state index contributed by atoms with van der Waals surface area (Å²) in [4.78, 5) is 30.6. The molecule has 0 bridgehead atoms. The number of carbonyl (C=O) groups is 2. The van der Waals surface area contributed by atoms with Crippen molar-refractivity contribution in [2.75, 3.05) is 13.6 Å². The standard InChI is InChI=1S/C26H26N4O2.C2HF3O2/c1-3-30(2)16-17-8-7-11-20(14-17)28-24(18-9-5-4-6-10-18)23-21-13-12-19(25(27)31)15-22(21)29-26(23)32;3-2(4,5)1(6)7/h4-15,29,32H,3,16H2,1-2H3,(H2,27,31);(H,6,7). The molecule has 0 saturated heterocycles. The smallest absolute Gasteiger partial charge is 0.490 e. The Labute approximate surface area is 222 Å². The Morgan fingerprint density at radius 2 is 1.67 bits per heavy atom. The molecular weight excluding hydrogens is 513 g/mol. The fourth-order valence-electron chi connectivity index (χ4n) is 3.71. The number of amides is 1. The number of benzene rings is 3. The highest BCUT2D eigenvalue weighted by molar-refractivity contribution is 6.22. The van der Waals surface area contributed by atoms with Gasteiger partial charge in [0.05, 0.1) is 17.0 Å². The number of aliphatic carboxylic acids is 1. The highest BCUT2D eigenvalue weighted by atomic mass is 19.4. The summed E-state index contributed by atoms with van der Waals surface area (Å²) < 4.78 is 31.7. The number of nitrogens with one attached hydrogen (secondary N) is 1. The number of hydrogen-bond donors (Lipinski definition) is 4. The Morgan fingerprint density at radius 3 is 2.26 bits per heavy atom. The minimum absolute atomic E-state index is 0.00825. The highest BCUT2D eigenvalue weighted by Crippen LogP contribution is 2.32. The van der Waals surface area contributed by atoms with E-state index < -0.39 is 18.1 Å². The van der Waals surface area contributed by atoms with Crippen molar-refractivity contribution in [2.45, 2.75) is 19.6 Å². The lowest BCUT2D eigenvalue weighted by molar-refractivity contribution is -0.192. The number of carboxylic acid groups (broad SMARTS) is 1. The van der Waals surface area contributed by atoms with Crippen LogP contribution in [0.5, 0.6) is 5.88 Å². The summed E-state index contributed by atoms with van der Waals surface area (Å²) in [6.45, 7) is 3.91. The molecule has 1 aromatic heterocycles. The number of aromatic amines is 1. The van der Waals surface area contributed by atoms with E-state index in [0.29, 0.717) is 22.4 Å². The number of halogens is 3. The summed E-state index contributed by atoms with van der Waals surface area (Å²) in [6, 6.07) is 22.9. The first-order chi connectivity index (χ1) is 18.4. The van der Waals surface area contributed by atoms with Gasteiger partial charge in [0.25, 0.3) is 0 Å². The zero-order valence-electron chi connectivity index (χ0n) is 21.2. The zero-order valence-corrected chi connectivity index (χ0v) is 21.2. The van der Waals surface area contributed by atoms with E-state index in [1.165, 1.54) is 0 Å². The van der Waals surface area contributed by atoms with E-state index in [-0.39, 0.29) is 5.88 Å². The van der Waals surface area contributed by atoms with Crippen LogP contribution in [0.25, 0.3) is 10.9 Å². The van der Waals surface area contributed by atoms with Gasteiger partial charge >= 0.3 is 12.1 Å². The van der Waals surface area contributed by atoms with Gasteiger partial charge in [-0.2, -0.15) is 13.2 Å². The minimum atomic E-state index is -5.08. The van der Waals surface area contributed by atoms with Crippen LogP contribution >= 0.6 is 0 Å². The van der Waals surface area contributed by atoms with Crippen molar-refractivity contribution in [1.82, 2.24) is 9.88 Å². The summed E-state index contributed by atoms with van der Waals surface area (Å²) in [5.41, 5.74) is 10.5. The van der Waals surface area contributed by atoms with Gasteiger partial charge in [0, 0.05) is 28.6 Å². The number of aliphatic imine (C=N–C) groups is 1. The molecule has 0 aliphatic rings. The maximum atomic E-state index is 11.6. The van der Waals surface area contributed by atoms with Crippen LogP contribution in [0.3, 0.4) is 0 Å². The molecule has 0 spiro atoms. The molecule has 8 nitrogen and oxygen atoms in total. The van der Waals surface area contributed by atoms with E-state index in [9.17, 15) is 23.1 Å². The van der Waals surface area contributed by atoms with Crippen LogP contribution < -0.4 is 5.73 Å². The predicted octanol–water partition coefficient (Wildman–Crippen LogP) is 5.23. The number of alkyl halides is 3. The Morgan fingerprint density at radius 1 is 1.00 bits per heavy atom. The normalized spacial score (nSPS) is 11.8. The molecule has 4 rings (SSSR count). The SMILES string of the molecule is CCN(C)Cc1cccc(N=C(c2ccccc2)c2c(O)[nH]c3cc(C(N)=O)ccc23)c1.O=C(O)C(F)(F)F. The molecule has 204 valence electrons. The van der Waals surface area contributed by atoms with Gasteiger partial charge in [-0.05, 0) is 43.4 Å². The maximum absolute atomic E-state index is 11.6. The minimum Gasteiger partial charge on any atom is -0.494 e. The summed E-state index contributed by atoms with van der Waals surface area (Å²) in [7, 11) is 2.08. The molecule has 11 heteroatoms. The lowest BCUT2D eigenvalue weighted by Gasteiger charge is -2.14. The second kappa shape index (κ2) is 12.3. The third kappa shape index (κ3) is 7.45. The Hall–Kier alpha value is -4.64. The molecule has 0 fully saturated rings. The second-order valence-electron chi connectivity index (χ2n) is 8.60. The van der Waals surface area contributed by atoms with Gasteiger partial charge < -0.3 is 25.8 Å². The second-order valence-corrected chi connectivity index (χ2v) is 8.60. The fourth-order valence-corrected chi connectivity index (χ4v) is 3.71. The first-order valence-corrected chi connectivity index (χ1v) is 11.8. The number of primary amides is 1. The van der Waals surface area contributed by atoms with Gasteiger partial charge in [-0.1, -0.05) is 55.5 Å². The molecule has 4 aromatic rings. The molecular formula is C28H27F3N4O4. The van der Waals surface area contributed by atoms with Crippen molar-refractivity contribution in [2.24, 2.45) is 10.7 Å². The molecule has 39 heavy (non-hydrogen) atoms. The van der Waals surface area contributed by atoms with E-state index in [2.05, 4.69) is 36.0 Å². The van der Waals surface area contributed by atoms with Crippen LogP contribution in [-0.4, -0.2) is 57.5 Å². The van der Waals surface area contributed by atoms with Gasteiger partial charge in [0.1, 0.15) is 0 Å². The Balaban J connectivity index is 0.000000532. The first-order valence-electron chi connectivity index (χ1n) is 11.8. The van der Waals surface area contributed by atoms with Crippen molar-refractivity contribution in [1.29, 1.82) is 0 Å². The molecule has 5 N–H and O–H groups in total. The van der Waals surface area contributed by atoms with Gasteiger partial charge in [0.15, 0.2) is 5.88 Å². The van der Waals surface area contributed by atoms with Crippen LogP contribution in [0.1, 0.15) is 34.0 Å². The largest absolute Gasteiger partial charge is 0.494 e. The molecule has 3 aromatic carbocycles. The van der Waals surface area contributed by atoms with Crippen molar-refractivity contribution < 1.29 is 33.0 Å². The van der Waals surface area contributed by atoms with E-state index in [1.807, 2.05) is 42.5 Å². The molecule has 1 amide bonds. The predicted molar refractivity (Wildman–Crippen MR) is 142 cm³/mol. The number of nitrogens with two attached hydrogens (primary N) is 1. The zero-order chi connectivity index (χ0) is 28.7. The third-order valence-electron chi connectivity index (χ3n) is 5.73. The van der Waals surface area contributed by atoms with Crippen molar-refractivity contribution in [3.05, 3.63) is 95.1 Å². The van der Waals surface area contributed by atoms with Gasteiger partial charge in [-0.25, -0.2) is 9.79 Å². The van der Waals surface area contributed by atoms with E-state index >= 15 is 0 Å². The number of carboxylic acids is 1. The molecule has 0 atom stereocenters. The number of rotatable bonds is 7. The van der Waals surface area contributed by atoms with Crippen LogP contribution in [0.2, 0.25) is 0 Å². The summed E-state index contributed by atoms with van der Waals surface area (Å²) in [5, 5.41) is 18.7. The topological polar surface area (TPSA) is 132 Å². The average Bonchev–Trinajstić information content (AvgIpc) is 3.22. The van der Waals surface area contributed by atoms with E-state index in [1.54, 1.807) is 18.2 Å². The van der Waals surface area contributed by atoms with Crippen LogP contribution in [0.15, 0.2) is 77.8 Å². The Kier molecular flexibility index (Phi) is 9.10. The van der Waals surface area contributed by atoms with Crippen molar-refractivity contribution in [3.8, 4) is 5.88 Å². The molecule has 0 saturated carbocycles. The number of carbonyl (C=O) groups excluding carboxylic acids is 1. The average molecular weight is 541 g/mol. The van der Waals surface area contributed by atoms with Crippen LogP contribution in [0.4, 0.5) is 18.9 Å². The van der Waals surface area contributed by atoms with E-state index in [4.69, 9.17) is 20.6 Å². The molecule has 0 aliphatic carbocycles. The molecule has 0 unspecified atom stereocenters. The lowest BCUT2D eigenvalue weighted by atomic mass is 10.00. The summed E-state index contributed by atoms with van der Waals surface area (Å²) in [6.07, 6.45) is -5.08. The number of fused-ring (bicyclic) bond motifs is 1. The number of aromatic hydroxyl groups is 1. The summed E-state index contributed by atoms with van der Waals surface area (Å²) in [5.74, 6) is -3.29. The Bertz CT molecular complexity index is 1500. The maximum Gasteiger partial charge on any atom is 0.490 e. The van der Waals surface area contributed by atoms with Gasteiger partial charge in [-0.3, -0.25) is 4.79 Å². The number of aromatic nitrogens is 1. The molecule has 0 radical (unpaired) electrons. The van der Waals surface area contributed by atoms with E-state index in [0.717, 1.165) is 35.3 Å². The number of H-pyrrole nitrogens is 1. The van der Waals surface area contributed by atoms with Crippen LogP contribution in [0, 0.1) is 0 Å². The third-order valence-corrected chi connectivity index (χ3v) is 5.73. The van der Waals surface area contributed by atoms with Crippen LogP contribution in [-0.2, 0) is 11.3 Å². The monoisotopic (exact) mass is 540 g/mol. The van der Waals surface area contributed by atoms with Crippen molar-refractivity contribution >= 4 is 34.2 Å². The molecule has 1 heterocycles. The first kappa shape index (κ1) is 28.9. The lowest BCUT2D eigenvalue weighted by Crippen LogP contribution is -2.21. The summed E-state index contributed by atoms with van der Waals surface area (Å²) >= 11 is 0. The number of nitrogens with zero attached hydrogens (tertiary/aromatic N) is 2.